The van der Waals surface area contributed by atoms with Crippen LogP contribution in [0.1, 0.15) is 17.9 Å². The molecule has 0 aromatic heterocycles. The van der Waals surface area contributed by atoms with Crippen molar-refractivity contribution in [1.29, 1.82) is 0 Å². The summed E-state index contributed by atoms with van der Waals surface area (Å²) in [5.41, 5.74) is 1.48. The second kappa shape index (κ2) is 5.49. The molecule has 1 fully saturated rings. The minimum absolute atomic E-state index is 0.760. The summed E-state index contributed by atoms with van der Waals surface area (Å²) >= 11 is 0. The lowest BCUT2D eigenvalue weighted by atomic mass is 9.99. The van der Waals surface area contributed by atoms with Crippen LogP contribution >= 0.6 is 0 Å². The molecule has 2 rings (SSSR count). The van der Waals surface area contributed by atoms with E-state index in [2.05, 4.69) is 35.6 Å². The molecular weight excluding hydrogens is 162 g/mol. The fraction of sp³-hybridized carbons (Fsp3) is 0.364. The van der Waals surface area contributed by atoms with Gasteiger partial charge in [-0.2, -0.15) is 0 Å². The summed E-state index contributed by atoms with van der Waals surface area (Å²) in [6.07, 6.45) is 1.30. The van der Waals surface area contributed by atoms with Gasteiger partial charge in [-0.15, -0.1) is 0 Å². The predicted octanol–water partition coefficient (Wildman–Crippen LogP) is 1.58. The normalized spacial score (nSPS) is 20.5. The Morgan fingerprint density at radius 3 is 2.46 bits per heavy atom. The maximum absolute atomic E-state index is 8.00. The molecule has 13 heavy (non-hydrogen) atoms. The summed E-state index contributed by atoms with van der Waals surface area (Å²) in [5.74, 6) is 0.760. The van der Waals surface area contributed by atoms with Gasteiger partial charge < -0.3 is 10.1 Å². The molecule has 1 aromatic carbocycles. The van der Waals surface area contributed by atoms with Crippen molar-refractivity contribution in [3.8, 4) is 0 Å². The van der Waals surface area contributed by atoms with E-state index in [0.717, 1.165) is 12.5 Å². The molecule has 1 unspecified atom stereocenters. The van der Waals surface area contributed by atoms with Gasteiger partial charge in [-0.1, -0.05) is 30.3 Å². The molecule has 70 valence electrons. The second-order valence-corrected chi connectivity index (χ2v) is 3.10. The van der Waals surface area contributed by atoms with Crippen LogP contribution < -0.4 is 5.32 Å². The van der Waals surface area contributed by atoms with Crippen LogP contribution in [0.4, 0.5) is 0 Å². The Kier molecular flexibility index (Phi) is 4.19. The third-order valence-electron chi connectivity index (χ3n) is 2.33. The molecule has 1 heterocycles. The first-order valence-electron chi connectivity index (χ1n) is 4.51. The molecule has 2 nitrogen and oxygen atoms in total. The monoisotopic (exact) mass is 177 g/mol. The molecule has 0 amide bonds. The highest BCUT2D eigenvalue weighted by Gasteiger charge is 2.15. The van der Waals surface area contributed by atoms with Crippen LogP contribution in [0.5, 0.6) is 0 Å². The fourth-order valence-electron chi connectivity index (χ4n) is 1.66. The maximum Gasteiger partial charge on any atom is 0.106 e. The third-order valence-corrected chi connectivity index (χ3v) is 2.33. The minimum Gasteiger partial charge on any atom is -0.316 e. The van der Waals surface area contributed by atoms with Crippen LogP contribution in [0.2, 0.25) is 0 Å². The molecule has 1 aliphatic heterocycles. The first kappa shape index (κ1) is 9.93. The van der Waals surface area contributed by atoms with E-state index in [-0.39, 0.29) is 0 Å². The molecule has 0 radical (unpaired) electrons. The first-order valence-corrected chi connectivity index (χ1v) is 4.51. The molecule has 2 heteroatoms. The van der Waals surface area contributed by atoms with Crippen molar-refractivity contribution in [3.63, 3.8) is 0 Å². The molecule has 1 aliphatic rings. The van der Waals surface area contributed by atoms with Crippen molar-refractivity contribution in [2.45, 2.75) is 12.3 Å². The number of benzene rings is 1. The zero-order chi connectivity index (χ0) is 9.52. The third kappa shape index (κ3) is 2.67. The highest BCUT2D eigenvalue weighted by molar-refractivity contribution is 5.20. The molecule has 0 aliphatic carbocycles. The summed E-state index contributed by atoms with van der Waals surface area (Å²) < 4.78 is 0. The SMILES string of the molecule is C=O.c1ccc(C2CCNC2)cc1. The molecule has 1 aromatic rings. The van der Waals surface area contributed by atoms with Crippen molar-refractivity contribution in [1.82, 2.24) is 5.32 Å². The van der Waals surface area contributed by atoms with Gasteiger partial charge in [-0.05, 0) is 24.4 Å². The predicted molar refractivity (Wildman–Crippen MR) is 53.8 cm³/mol. The van der Waals surface area contributed by atoms with Crippen molar-refractivity contribution in [2.24, 2.45) is 0 Å². The van der Waals surface area contributed by atoms with Crippen LogP contribution in [-0.4, -0.2) is 19.9 Å². The van der Waals surface area contributed by atoms with Gasteiger partial charge in [0.15, 0.2) is 0 Å². The molecule has 0 saturated carbocycles. The van der Waals surface area contributed by atoms with Gasteiger partial charge in [0.1, 0.15) is 6.79 Å². The number of nitrogens with one attached hydrogen (secondary N) is 1. The second-order valence-electron chi connectivity index (χ2n) is 3.10. The molecule has 0 bridgehead atoms. The Labute approximate surface area is 79.0 Å². The summed E-state index contributed by atoms with van der Waals surface area (Å²) in [4.78, 5) is 8.00. The quantitative estimate of drug-likeness (QED) is 0.705. The maximum atomic E-state index is 8.00. The summed E-state index contributed by atoms with van der Waals surface area (Å²) in [6, 6.07) is 10.8. The lowest BCUT2D eigenvalue weighted by molar-refractivity contribution is -0.0979. The van der Waals surface area contributed by atoms with E-state index in [1.54, 1.807) is 0 Å². The summed E-state index contributed by atoms with van der Waals surface area (Å²) in [7, 11) is 0. The Balaban J connectivity index is 0.000000396. The molecule has 1 saturated heterocycles. The molecule has 1 atom stereocenters. The topological polar surface area (TPSA) is 29.1 Å². The van der Waals surface area contributed by atoms with Gasteiger partial charge in [0.25, 0.3) is 0 Å². The number of hydrogen-bond acceptors (Lipinski definition) is 2. The Morgan fingerprint density at radius 1 is 1.23 bits per heavy atom. The minimum atomic E-state index is 0.760. The molecular formula is C11H15NO. The van der Waals surface area contributed by atoms with Gasteiger partial charge in [0, 0.05) is 6.54 Å². The van der Waals surface area contributed by atoms with E-state index < -0.39 is 0 Å². The van der Waals surface area contributed by atoms with E-state index in [0.29, 0.717) is 0 Å². The highest BCUT2D eigenvalue weighted by atomic mass is 16.1. The van der Waals surface area contributed by atoms with E-state index >= 15 is 0 Å². The van der Waals surface area contributed by atoms with Crippen molar-refractivity contribution >= 4 is 6.79 Å². The van der Waals surface area contributed by atoms with E-state index in [4.69, 9.17) is 4.79 Å². The van der Waals surface area contributed by atoms with Gasteiger partial charge in [-0.25, -0.2) is 0 Å². The molecule has 0 spiro atoms. The van der Waals surface area contributed by atoms with Crippen LogP contribution in [0.3, 0.4) is 0 Å². The Hall–Kier alpha value is -1.15. The molecule has 1 N–H and O–H groups in total. The average molecular weight is 177 g/mol. The number of carbonyl (C=O) groups is 1. The summed E-state index contributed by atoms with van der Waals surface area (Å²) in [5, 5.41) is 3.37. The van der Waals surface area contributed by atoms with Crippen molar-refractivity contribution in [3.05, 3.63) is 35.9 Å². The van der Waals surface area contributed by atoms with Crippen molar-refractivity contribution in [2.75, 3.05) is 13.1 Å². The van der Waals surface area contributed by atoms with Crippen LogP contribution in [0, 0.1) is 0 Å². The van der Waals surface area contributed by atoms with Gasteiger partial charge >= 0.3 is 0 Å². The Morgan fingerprint density at radius 2 is 1.92 bits per heavy atom. The largest absolute Gasteiger partial charge is 0.316 e. The van der Waals surface area contributed by atoms with Gasteiger partial charge in [-0.3, -0.25) is 0 Å². The standard InChI is InChI=1S/C10H13N.CH2O/c1-2-4-9(5-3-1)10-6-7-11-8-10;1-2/h1-5,10-11H,6-8H2;1H2. The number of hydrogen-bond donors (Lipinski definition) is 1. The zero-order valence-electron chi connectivity index (χ0n) is 7.70. The number of rotatable bonds is 1. The Bertz CT molecular complexity index is 229. The van der Waals surface area contributed by atoms with Crippen LogP contribution in [0.25, 0.3) is 0 Å². The summed E-state index contributed by atoms with van der Waals surface area (Å²) in [6.45, 7) is 4.34. The first-order chi connectivity index (χ1) is 6.47. The van der Waals surface area contributed by atoms with Crippen LogP contribution in [-0.2, 0) is 4.79 Å². The smallest absolute Gasteiger partial charge is 0.106 e. The lowest BCUT2D eigenvalue weighted by Crippen LogP contribution is -2.07. The van der Waals surface area contributed by atoms with E-state index in [1.807, 2.05) is 6.79 Å². The number of carbonyl (C=O) groups excluding carboxylic acids is 1. The fourth-order valence-corrected chi connectivity index (χ4v) is 1.66. The van der Waals surface area contributed by atoms with E-state index in [9.17, 15) is 0 Å². The zero-order valence-corrected chi connectivity index (χ0v) is 7.70. The van der Waals surface area contributed by atoms with Crippen LogP contribution in [0.15, 0.2) is 30.3 Å². The van der Waals surface area contributed by atoms with Gasteiger partial charge in [0.05, 0.1) is 0 Å². The highest BCUT2D eigenvalue weighted by Crippen LogP contribution is 2.21. The average Bonchev–Trinajstić information content (AvgIpc) is 2.75. The van der Waals surface area contributed by atoms with E-state index in [1.165, 1.54) is 18.5 Å². The van der Waals surface area contributed by atoms with Crippen molar-refractivity contribution < 1.29 is 4.79 Å². The lowest BCUT2D eigenvalue weighted by Gasteiger charge is -2.06. The van der Waals surface area contributed by atoms with Gasteiger partial charge in [0.2, 0.25) is 0 Å².